The molecule has 0 amide bonds. The van der Waals surface area contributed by atoms with Gasteiger partial charge in [-0.2, -0.15) is 13.2 Å². The molecule has 0 aromatic rings. The third-order valence-electron chi connectivity index (χ3n) is 2.15. The van der Waals surface area contributed by atoms with Crippen LogP contribution in [0.4, 0.5) is 13.2 Å². The quantitative estimate of drug-likeness (QED) is 0.532. The van der Waals surface area contributed by atoms with Crippen molar-refractivity contribution in [2.24, 2.45) is 0 Å². The van der Waals surface area contributed by atoms with Gasteiger partial charge in [0.2, 0.25) is 5.79 Å². The molecule has 1 rings (SSSR count). The molecule has 1 fully saturated rings. The van der Waals surface area contributed by atoms with Gasteiger partial charge in [-0.3, -0.25) is 0 Å². The van der Waals surface area contributed by atoms with Crippen molar-refractivity contribution in [3.8, 4) is 0 Å². The largest absolute Gasteiger partial charge is 0.491 e. The van der Waals surface area contributed by atoms with Crippen LogP contribution in [0.15, 0.2) is 0 Å². The smallest absolute Gasteiger partial charge is 0.427 e. The average Bonchev–Trinajstić information content (AvgIpc) is 2.02. The second-order valence-electron chi connectivity index (χ2n) is 3.39. The van der Waals surface area contributed by atoms with E-state index >= 15 is 0 Å². The van der Waals surface area contributed by atoms with Crippen molar-refractivity contribution < 1.29 is 27.8 Å². The van der Waals surface area contributed by atoms with E-state index in [1.807, 2.05) is 0 Å². The minimum atomic E-state index is -5.03. The first-order chi connectivity index (χ1) is 6.33. The minimum absolute atomic E-state index is 0.0782. The Bertz CT molecular complexity index is 218. The van der Waals surface area contributed by atoms with Crippen molar-refractivity contribution in [3.63, 3.8) is 0 Å². The number of hydrogen-bond donors (Lipinski definition) is 1. The molecule has 0 radical (unpaired) electrons. The zero-order valence-corrected chi connectivity index (χ0v) is 7.43. The summed E-state index contributed by atoms with van der Waals surface area (Å²) in [4.78, 5) is 10.4. The van der Waals surface area contributed by atoms with Crippen LogP contribution in [-0.4, -0.2) is 23.0 Å². The van der Waals surface area contributed by atoms with Crippen LogP contribution in [0.3, 0.4) is 0 Å². The standard InChI is InChI=1S/C8H11F3O3/c9-8(10,11)6(12)14-7(13)4-2-1-3-5-7/h13H,1-5H2. The van der Waals surface area contributed by atoms with Crippen molar-refractivity contribution in [2.45, 2.75) is 44.1 Å². The predicted octanol–water partition coefficient (Wildman–Crippen LogP) is 1.74. The maximum absolute atomic E-state index is 11.8. The summed E-state index contributed by atoms with van der Waals surface area (Å²) in [7, 11) is 0. The molecular formula is C8H11F3O3. The van der Waals surface area contributed by atoms with Crippen LogP contribution in [0.2, 0.25) is 0 Å². The zero-order chi connectivity index (χ0) is 10.8. The van der Waals surface area contributed by atoms with Gasteiger partial charge >= 0.3 is 12.1 Å². The highest BCUT2D eigenvalue weighted by Gasteiger charge is 2.46. The molecule has 0 aliphatic heterocycles. The number of alkyl halides is 3. The van der Waals surface area contributed by atoms with Gasteiger partial charge < -0.3 is 9.84 Å². The van der Waals surface area contributed by atoms with Crippen LogP contribution in [0.1, 0.15) is 32.1 Å². The summed E-state index contributed by atoms with van der Waals surface area (Å²) in [6.45, 7) is 0. The Labute approximate surface area is 78.9 Å². The number of hydrogen-bond acceptors (Lipinski definition) is 3. The van der Waals surface area contributed by atoms with Crippen LogP contribution >= 0.6 is 0 Å². The fourth-order valence-corrected chi connectivity index (χ4v) is 1.44. The van der Waals surface area contributed by atoms with Gasteiger partial charge in [-0.25, -0.2) is 4.79 Å². The fourth-order valence-electron chi connectivity index (χ4n) is 1.44. The molecule has 0 atom stereocenters. The molecule has 0 bridgehead atoms. The summed E-state index contributed by atoms with van der Waals surface area (Å²) in [5, 5.41) is 9.46. The second kappa shape index (κ2) is 3.76. The van der Waals surface area contributed by atoms with E-state index in [1.54, 1.807) is 0 Å². The molecule has 0 unspecified atom stereocenters. The lowest BCUT2D eigenvalue weighted by molar-refractivity contribution is -0.255. The molecule has 0 saturated heterocycles. The van der Waals surface area contributed by atoms with Crippen LogP contribution < -0.4 is 0 Å². The number of carbonyl (C=O) groups is 1. The third kappa shape index (κ3) is 2.87. The lowest BCUT2D eigenvalue weighted by Crippen LogP contribution is -2.41. The van der Waals surface area contributed by atoms with Gasteiger partial charge in [0.15, 0.2) is 0 Å². The summed E-state index contributed by atoms with van der Waals surface area (Å²) in [6.07, 6.45) is -2.90. The maximum atomic E-state index is 11.8. The van der Waals surface area contributed by atoms with E-state index < -0.39 is 17.9 Å². The summed E-state index contributed by atoms with van der Waals surface area (Å²) >= 11 is 0. The molecule has 14 heavy (non-hydrogen) atoms. The summed E-state index contributed by atoms with van der Waals surface area (Å²) in [5.74, 6) is -4.23. The number of aliphatic hydroxyl groups is 1. The zero-order valence-electron chi connectivity index (χ0n) is 7.43. The van der Waals surface area contributed by atoms with Gasteiger partial charge in [0.1, 0.15) is 0 Å². The Morgan fingerprint density at radius 1 is 1.21 bits per heavy atom. The molecule has 0 heterocycles. The molecule has 6 heteroatoms. The number of carbonyl (C=O) groups excluding carboxylic acids is 1. The SMILES string of the molecule is O=C(OC1(O)CCCCC1)C(F)(F)F. The van der Waals surface area contributed by atoms with E-state index in [1.165, 1.54) is 0 Å². The summed E-state index contributed by atoms with van der Waals surface area (Å²) in [6, 6.07) is 0. The van der Waals surface area contributed by atoms with Gasteiger partial charge in [0.05, 0.1) is 0 Å². The summed E-state index contributed by atoms with van der Waals surface area (Å²) in [5.41, 5.74) is 0. The Morgan fingerprint density at radius 2 is 1.71 bits per heavy atom. The van der Waals surface area contributed by atoms with E-state index in [-0.39, 0.29) is 12.8 Å². The predicted molar refractivity (Wildman–Crippen MR) is 40.2 cm³/mol. The summed E-state index contributed by atoms with van der Waals surface area (Å²) < 4.78 is 39.4. The van der Waals surface area contributed by atoms with E-state index in [9.17, 15) is 23.1 Å². The Kier molecular flexibility index (Phi) is 3.04. The van der Waals surface area contributed by atoms with E-state index in [4.69, 9.17) is 0 Å². The van der Waals surface area contributed by atoms with Gasteiger partial charge in [-0.05, 0) is 12.8 Å². The van der Waals surface area contributed by atoms with Gasteiger partial charge in [0, 0.05) is 12.8 Å². The van der Waals surface area contributed by atoms with Crippen molar-refractivity contribution in [1.29, 1.82) is 0 Å². The number of rotatable bonds is 1. The molecule has 1 aliphatic carbocycles. The Hall–Kier alpha value is -0.780. The fraction of sp³-hybridized carbons (Fsp3) is 0.875. The van der Waals surface area contributed by atoms with E-state index in [0.29, 0.717) is 12.8 Å². The monoisotopic (exact) mass is 212 g/mol. The van der Waals surface area contributed by atoms with Crippen molar-refractivity contribution in [2.75, 3.05) is 0 Å². The van der Waals surface area contributed by atoms with E-state index in [2.05, 4.69) is 4.74 Å². The van der Waals surface area contributed by atoms with Gasteiger partial charge in [-0.15, -0.1) is 0 Å². The van der Waals surface area contributed by atoms with Gasteiger partial charge in [-0.1, -0.05) is 6.42 Å². The first-order valence-corrected chi connectivity index (χ1v) is 4.36. The lowest BCUT2D eigenvalue weighted by atomic mass is 9.94. The number of esters is 1. The highest BCUT2D eigenvalue weighted by molar-refractivity contribution is 5.75. The third-order valence-corrected chi connectivity index (χ3v) is 2.15. The molecule has 1 aliphatic rings. The van der Waals surface area contributed by atoms with Crippen LogP contribution in [0.5, 0.6) is 0 Å². The first kappa shape index (κ1) is 11.3. The lowest BCUT2D eigenvalue weighted by Gasteiger charge is -2.31. The van der Waals surface area contributed by atoms with Gasteiger partial charge in [0.25, 0.3) is 0 Å². The minimum Gasteiger partial charge on any atom is -0.427 e. The number of ether oxygens (including phenoxy) is 1. The molecule has 1 saturated carbocycles. The Morgan fingerprint density at radius 3 is 2.14 bits per heavy atom. The van der Waals surface area contributed by atoms with Crippen LogP contribution in [-0.2, 0) is 9.53 Å². The molecule has 0 aromatic carbocycles. The molecule has 1 N–H and O–H groups in total. The van der Waals surface area contributed by atoms with Crippen LogP contribution in [0.25, 0.3) is 0 Å². The molecule has 82 valence electrons. The maximum Gasteiger partial charge on any atom is 0.491 e. The van der Waals surface area contributed by atoms with Crippen molar-refractivity contribution in [3.05, 3.63) is 0 Å². The highest BCUT2D eigenvalue weighted by Crippen LogP contribution is 2.31. The Balaban J connectivity index is 2.54. The molecule has 0 spiro atoms. The van der Waals surface area contributed by atoms with Crippen LogP contribution in [0, 0.1) is 0 Å². The topological polar surface area (TPSA) is 46.5 Å². The van der Waals surface area contributed by atoms with E-state index in [0.717, 1.165) is 6.42 Å². The second-order valence-corrected chi connectivity index (χ2v) is 3.39. The van der Waals surface area contributed by atoms with Crippen molar-refractivity contribution >= 4 is 5.97 Å². The normalized spacial score (nSPS) is 21.7. The first-order valence-electron chi connectivity index (χ1n) is 4.36. The van der Waals surface area contributed by atoms with Crippen molar-refractivity contribution in [1.82, 2.24) is 0 Å². The molecule has 0 aromatic heterocycles. The number of halogens is 3. The molecule has 3 nitrogen and oxygen atoms in total. The molecular weight excluding hydrogens is 201 g/mol. The average molecular weight is 212 g/mol. The highest BCUT2D eigenvalue weighted by atomic mass is 19.4.